The molecule has 1 heterocycles. The van der Waals surface area contributed by atoms with E-state index in [2.05, 4.69) is 16.3 Å². The fourth-order valence-corrected chi connectivity index (χ4v) is 2.33. The summed E-state index contributed by atoms with van der Waals surface area (Å²) >= 11 is 1.44. The van der Waals surface area contributed by atoms with Crippen molar-refractivity contribution in [1.82, 2.24) is 10.2 Å². The average molecular weight is 305 g/mol. The van der Waals surface area contributed by atoms with Gasteiger partial charge in [0.25, 0.3) is 5.22 Å². The van der Waals surface area contributed by atoms with Gasteiger partial charge in [-0.3, -0.25) is 0 Å². The van der Waals surface area contributed by atoms with Gasteiger partial charge in [-0.15, -0.1) is 10.2 Å². The molecule has 110 valence electrons. The van der Waals surface area contributed by atoms with E-state index in [4.69, 9.17) is 19.2 Å². The first-order valence-electron chi connectivity index (χ1n) is 6.33. The number of aromatic nitrogens is 2. The molecule has 6 nitrogen and oxygen atoms in total. The Morgan fingerprint density at radius 1 is 1.19 bits per heavy atom. The maximum Gasteiger partial charge on any atom is 0.276 e. The number of nitriles is 1. The first-order chi connectivity index (χ1) is 10.3. The van der Waals surface area contributed by atoms with Crippen LogP contribution in [0, 0.1) is 11.3 Å². The van der Waals surface area contributed by atoms with Crippen LogP contribution in [0.25, 0.3) is 11.5 Å². The third-order valence-electron chi connectivity index (χ3n) is 2.66. The highest BCUT2D eigenvalue weighted by Gasteiger charge is 2.11. The topological polar surface area (TPSA) is 81.2 Å². The lowest BCUT2D eigenvalue weighted by molar-refractivity contribution is 0.394. The summed E-state index contributed by atoms with van der Waals surface area (Å²) in [4.78, 5) is 0. The van der Waals surface area contributed by atoms with E-state index in [1.165, 1.54) is 11.8 Å². The van der Waals surface area contributed by atoms with E-state index in [0.717, 1.165) is 17.7 Å². The van der Waals surface area contributed by atoms with Crippen LogP contribution in [0.5, 0.6) is 11.5 Å². The summed E-state index contributed by atoms with van der Waals surface area (Å²) in [7, 11) is 3.17. The number of unbranched alkanes of at least 4 members (excludes halogenated alkanes) is 1. The molecular weight excluding hydrogens is 290 g/mol. The van der Waals surface area contributed by atoms with Gasteiger partial charge in [-0.1, -0.05) is 11.8 Å². The Balaban J connectivity index is 2.12. The van der Waals surface area contributed by atoms with Crippen molar-refractivity contribution in [2.75, 3.05) is 20.0 Å². The second kappa shape index (κ2) is 7.55. The normalized spacial score (nSPS) is 10.1. The van der Waals surface area contributed by atoms with E-state index in [-0.39, 0.29) is 0 Å². The molecule has 0 N–H and O–H groups in total. The van der Waals surface area contributed by atoms with Gasteiger partial charge in [0, 0.05) is 23.8 Å². The van der Waals surface area contributed by atoms with Gasteiger partial charge in [0.2, 0.25) is 5.89 Å². The van der Waals surface area contributed by atoms with Crippen molar-refractivity contribution < 1.29 is 13.9 Å². The lowest BCUT2D eigenvalue weighted by Crippen LogP contribution is -1.88. The Bertz CT molecular complexity index is 614. The van der Waals surface area contributed by atoms with Gasteiger partial charge in [0.05, 0.1) is 20.3 Å². The molecule has 0 aliphatic carbocycles. The van der Waals surface area contributed by atoms with Crippen molar-refractivity contribution in [2.45, 2.75) is 18.1 Å². The minimum absolute atomic E-state index is 0.412. The van der Waals surface area contributed by atoms with Crippen LogP contribution >= 0.6 is 11.8 Å². The van der Waals surface area contributed by atoms with Gasteiger partial charge in [-0.05, 0) is 18.6 Å². The van der Waals surface area contributed by atoms with Crippen molar-refractivity contribution in [3.63, 3.8) is 0 Å². The zero-order valence-electron chi connectivity index (χ0n) is 11.8. The van der Waals surface area contributed by atoms with E-state index in [1.54, 1.807) is 32.4 Å². The molecule has 0 aliphatic heterocycles. The lowest BCUT2D eigenvalue weighted by atomic mass is 10.2. The SMILES string of the molecule is COc1cc(OC)cc(-c2nnc(SCCCC#N)o2)c1. The highest BCUT2D eigenvalue weighted by Crippen LogP contribution is 2.30. The molecule has 2 aromatic rings. The van der Waals surface area contributed by atoms with Gasteiger partial charge in [-0.2, -0.15) is 5.26 Å². The number of hydrogen-bond donors (Lipinski definition) is 0. The Labute approximate surface area is 127 Å². The van der Waals surface area contributed by atoms with Crippen molar-refractivity contribution >= 4 is 11.8 Å². The van der Waals surface area contributed by atoms with Gasteiger partial charge in [-0.25, -0.2) is 0 Å². The van der Waals surface area contributed by atoms with Gasteiger partial charge >= 0.3 is 0 Å². The monoisotopic (exact) mass is 305 g/mol. The molecule has 0 fully saturated rings. The number of rotatable bonds is 7. The largest absolute Gasteiger partial charge is 0.497 e. The molecule has 21 heavy (non-hydrogen) atoms. The highest BCUT2D eigenvalue weighted by molar-refractivity contribution is 7.99. The number of hydrogen-bond acceptors (Lipinski definition) is 7. The Morgan fingerprint density at radius 2 is 1.90 bits per heavy atom. The van der Waals surface area contributed by atoms with Crippen molar-refractivity contribution in [1.29, 1.82) is 5.26 Å². The van der Waals surface area contributed by atoms with E-state index in [9.17, 15) is 0 Å². The summed E-state index contributed by atoms with van der Waals surface area (Å²) in [6, 6.07) is 7.49. The molecular formula is C14H15N3O3S. The summed E-state index contributed by atoms with van der Waals surface area (Å²) in [6.45, 7) is 0. The average Bonchev–Trinajstić information content (AvgIpc) is 3.00. The van der Waals surface area contributed by atoms with Crippen LogP contribution in [0.4, 0.5) is 0 Å². The number of nitrogens with zero attached hydrogens (tertiary/aromatic N) is 3. The number of benzene rings is 1. The summed E-state index contributed by atoms with van der Waals surface area (Å²) in [5.41, 5.74) is 0.738. The van der Waals surface area contributed by atoms with Crippen molar-refractivity contribution in [3.05, 3.63) is 18.2 Å². The smallest absolute Gasteiger partial charge is 0.276 e. The number of thioether (sulfide) groups is 1. The van der Waals surface area contributed by atoms with E-state index >= 15 is 0 Å². The number of methoxy groups -OCH3 is 2. The fraction of sp³-hybridized carbons (Fsp3) is 0.357. The lowest BCUT2D eigenvalue weighted by Gasteiger charge is -2.05. The first kappa shape index (κ1) is 15.2. The second-order valence-electron chi connectivity index (χ2n) is 4.08. The molecule has 0 amide bonds. The summed E-state index contributed by atoms with van der Waals surface area (Å²) < 4.78 is 16.0. The molecule has 7 heteroatoms. The first-order valence-corrected chi connectivity index (χ1v) is 7.32. The Morgan fingerprint density at radius 3 is 2.52 bits per heavy atom. The molecule has 0 radical (unpaired) electrons. The van der Waals surface area contributed by atoms with Crippen LogP contribution in [0.15, 0.2) is 27.8 Å². The maximum absolute atomic E-state index is 8.48. The molecule has 0 atom stereocenters. The zero-order valence-corrected chi connectivity index (χ0v) is 12.6. The quantitative estimate of drug-likeness (QED) is 0.574. The molecule has 0 aliphatic rings. The van der Waals surface area contributed by atoms with E-state index in [1.807, 2.05) is 0 Å². The van der Waals surface area contributed by atoms with E-state index in [0.29, 0.717) is 29.0 Å². The van der Waals surface area contributed by atoms with Crippen LogP contribution in [0.3, 0.4) is 0 Å². The molecule has 0 unspecified atom stereocenters. The predicted octanol–water partition coefficient (Wildman–Crippen LogP) is 3.15. The third kappa shape index (κ3) is 4.13. The van der Waals surface area contributed by atoms with Gasteiger partial charge < -0.3 is 13.9 Å². The van der Waals surface area contributed by atoms with Crippen LogP contribution in [-0.2, 0) is 0 Å². The maximum atomic E-state index is 8.48. The zero-order chi connectivity index (χ0) is 15.1. The second-order valence-corrected chi connectivity index (χ2v) is 5.13. The molecule has 1 aromatic heterocycles. The van der Waals surface area contributed by atoms with Gasteiger partial charge in [0.15, 0.2) is 0 Å². The molecule has 0 bridgehead atoms. The summed E-state index contributed by atoms with van der Waals surface area (Å²) in [5, 5.41) is 17.0. The molecule has 0 saturated heterocycles. The minimum atomic E-state index is 0.412. The highest BCUT2D eigenvalue weighted by atomic mass is 32.2. The van der Waals surface area contributed by atoms with Crippen LogP contribution in [0.2, 0.25) is 0 Å². The molecule has 0 saturated carbocycles. The number of ether oxygens (including phenoxy) is 2. The van der Waals surface area contributed by atoms with Gasteiger partial charge in [0.1, 0.15) is 11.5 Å². The van der Waals surface area contributed by atoms with Crippen LogP contribution in [0.1, 0.15) is 12.8 Å². The minimum Gasteiger partial charge on any atom is -0.497 e. The van der Waals surface area contributed by atoms with E-state index < -0.39 is 0 Å². The fourth-order valence-electron chi connectivity index (χ4n) is 1.63. The Kier molecular flexibility index (Phi) is 5.46. The summed E-state index contributed by atoms with van der Waals surface area (Å²) in [6.07, 6.45) is 1.33. The predicted molar refractivity (Wildman–Crippen MR) is 78.4 cm³/mol. The molecule has 2 rings (SSSR count). The third-order valence-corrected chi connectivity index (χ3v) is 3.57. The van der Waals surface area contributed by atoms with Crippen molar-refractivity contribution in [3.8, 4) is 29.0 Å². The Hall–Kier alpha value is -2.20. The van der Waals surface area contributed by atoms with Crippen molar-refractivity contribution in [2.24, 2.45) is 0 Å². The van der Waals surface area contributed by atoms with Crippen LogP contribution < -0.4 is 9.47 Å². The summed E-state index contributed by atoms with van der Waals surface area (Å²) in [5.74, 6) is 2.50. The standard InChI is InChI=1S/C14H15N3O3S/c1-18-11-7-10(8-12(9-11)19-2)13-16-17-14(20-13)21-6-4-3-5-15/h7-9H,3-4,6H2,1-2H3. The molecule has 0 spiro atoms. The molecule has 1 aromatic carbocycles. The van der Waals surface area contributed by atoms with Crippen LogP contribution in [-0.4, -0.2) is 30.2 Å².